The number of carboxylic acid groups (broad SMARTS) is 1. The molecule has 0 heterocycles. The summed E-state index contributed by atoms with van der Waals surface area (Å²) in [5, 5.41) is 8.63. The molecular formula is C8H9KO6S. The first-order valence-electron chi connectivity index (χ1n) is 3.75. The van der Waals surface area contributed by atoms with Crippen LogP contribution in [0.5, 0.6) is 5.75 Å². The molecule has 2 N–H and O–H groups in total. The van der Waals surface area contributed by atoms with E-state index in [0.29, 0.717) is 0 Å². The molecule has 0 aliphatic rings. The molecule has 1 rings (SSSR count). The van der Waals surface area contributed by atoms with Gasteiger partial charge in [0, 0.05) is 0 Å². The number of hydrogen-bond acceptors (Lipinski definition) is 4. The van der Waals surface area contributed by atoms with Gasteiger partial charge in [-0.1, -0.05) is 0 Å². The molecule has 0 bridgehead atoms. The first-order valence-corrected chi connectivity index (χ1v) is 5.19. The second-order valence-electron chi connectivity index (χ2n) is 2.65. The van der Waals surface area contributed by atoms with Crippen LogP contribution in [0, 0.1) is 0 Å². The van der Waals surface area contributed by atoms with Crippen molar-refractivity contribution in [3.8, 4) is 5.75 Å². The van der Waals surface area contributed by atoms with E-state index in [9.17, 15) is 13.2 Å². The van der Waals surface area contributed by atoms with Gasteiger partial charge in [-0.2, -0.15) is 8.42 Å². The molecule has 0 saturated heterocycles. The first-order chi connectivity index (χ1) is 6.86. The molecule has 84 valence electrons. The van der Waals surface area contributed by atoms with E-state index in [1.165, 1.54) is 7.11 Å². The summed E-state index contributed by atoms with van der Waals surface area (Å²) in [6, 6.07) is 3.05. The van der Waals surface area contributed by atoms with Crippen LogP contribution in [0.15, 0.2) is 23.1 Å². The quantitative estimate of drug-likeness (QED) is 0.593. The van der Waals surface area contributed by atoms with E-state index in [2.05, 4.69) is 4.74 Å². The SMILES string of the molecule is COc1cc(C(=O)O)ccc1S(=O)(=O)O.[KH]. The second-order valence-corrected chi connectivity index (χ2v) is 4.04. The molecule has 16 heavy (non-hydrogen) atoms. The molecule has 0 radical (unpaired) electrons. The van der Waals surface area contributed by atoms with E-state index in [-0.39, 0.29) is 62.7 Å². The minimum absolute atomic E-state index is 0. The van der Waals surface area contributed by atoms with Crippen molar-refractivity contribution in [3.05, 3.63) is 23.8 Å². The summed E-state index contributed by atoms with van der Waals surface area (Å²) in [7, 11) is -3.23. The third-order valence-corrected chi connectivity index (χ3v) is 2.58. The summed E-state index contributed by atoms with van der Waals surface area (Å²) < 4.78 is 35.1. The van der Waals surface area contributed by atoms with Crippen LogP contribution >= 0.6 is 0 Å². The van der Waals surface area contributed by atoms with E-state index in [1.54, 1.807) is 0 Å². The Morgan fingerprint density at radius 3 is 2.31 bits per heavy atom. The molecule has 0 aliphatic heterocycles. The van der Waals surface area contributed by atoms with Gasteiger partial charge >= 0.3 is 57.4 Å². The fourth-order valence-electron chi connectivity index (χ4n) is 1.01. The van der Waals surface area contributed by atoms with Gasteiger partial charge in [-0.15, -0.1) is 0 Å². The molecule has 8 heteroatoms. The van der Waals surface area contributed by atoms with Crippen molar-refractivity contribution in [2.24, 2.45) is 0 Å². The average molecular weight is 272 g/mol. The van der Waals surface area contributed by atoms with Crippen LogP contribution in [0.2, 0.25) is 0 Å². The van der Waals surface area contributed by atoms with Crippen molar-refractivity contribution in [1.29, 1.82) is 0 Å². The number of ether oxygens (including phenoxy) is 1. The Hall–Kier alpha value is 0.0364. The van der Waals surface area contributed by atoms with Crippen LogP contribution < -0.4 is 4.74 Å². The molecule has 0 fully saturated rings. The summed E-state index contributed by atoms with van der Waals surface area (Å²) in [5.41, 5.74) is -0.126. The standard InChI is InChI=1S/C8H8O6S.K.H/c1-14-6-4-5(8(9)10)2-3-7(6)15(11,12)13;;/h2-4H,1H3,(H,9,10)(H,11,12,13);;. The van der Waals surface area contributed by atoms with Crippen LogP contribution in [0.3, 0.4) is 0 Å². The fourth-order valence-corrected chi connectivity index (χ4v) is 1.65. The van der Waals surface area contributed by atoms with Crippen LogP contribution in [0.25, 0.3) is 0 Å². The Kier molecular flexibility index (Phi) is 6.11. The Labute approximate surface area is 135 Å². The molecule has 0 saturated carbocycles. The molecule has 0 aromatic heterocycles. The first kappa shape index (κ1) is 16.0. The summed E-state index contributed by atoms with van der Waals surface area (Å²) in [4.78, 5) is 10.1. The summed E-state index contributed by atoms with van der Waals surface area (Å²) in [6.07, 6.45) is 0. The van der Waals surface area contributed by atoms with Crippen molar-refractivity contribution in [2.45, 2.75) is 4.90 Å². The van der Waals surface area contributed by atoms with Gasteiger partial charge in [0.1, 0.15) is 10.6 Å². The third-order valence-electron chi connectivity index (χ3n) is 1.69. The summed E-state index contributed by atoms with van der Waals surface area (Å²) >= 11 is 0. The van der Waals surface area contributed by atoms with Gasteiger partial charge in [-0.25, -0.2) is 4.79 Å². The molecule has 0 amide bonds. The van der Waals surface area contributed by atoms with E-state index in [4.69, 9.17) is 9.66 Å². The maximum absolute atomic E-state index is 10.8. The van der Waals surface area contributed by atoms with Gasteiger partial charge in [0.15, 0.2) is 0 Å². The number of carboxylic acids is 1. The topological polar surface area (TPSA) is 101 Å². The van der Waals surface area contributed by atoms with Crippen molar-refractivity contribution in [2.75, 3.05) is 7.11 Å². The van der Waals surface area contributed by atoms with Gasteiger partial charge in [0.2, 0.25) is 0 Å². The summed E-state index contributed by atoms with van der Waals surface area (Å²) in [6.45, 7) is 0. The Morgan fingerprint density at radius 2 is 1.94 bits per heavy atom. The predicted octanol–water partition coefficient (Wildman–Crippen LogP) is -0.00840. The normalized spacial score (nSPS) is 10.4. The van der Waals surface area contributed by atoms with Crippen LogP contribution in [0.1, 0.15) is 10.4 Å². The van der Waals surface area contributed by atoms with Crippen LogP contribution in [-0.2, 0) is 10.1 Å². The van der Waals surface area contributed by atoms with E-state index in [0.717, 1.165) is 18.2 Å². The zero-order valence-electron chi connectivity index (χ0n) is 7.67. The zero-order valence-corrected chi connectivity index (χ0v) is 8.48. The molecule has 0 atom stereocenters. The molecular weight excluding hydrogens is 263 g/mol. The second kappa shape index (κ2) is 6.10. The monoisotopic (exact) mass is 272 g/mol. The van der Waals surface area contributed by atoms with Gasteiger partial charge in [0.05, 0.1) is 12.7 Å². The van der Waals surface area contributed by atoms with E-state index >= 15 is 0 Å². The molecule has 0 unspecified atom stereocenters. The number of rotatable bonds is 3. The minimum atomic E-state index is -4.41. The van der Waals surface area contributed by atoms with Gasteiger partial charge in [-0.05, 0) is 18.2 Å². The van der Waals surface area contributed by atoms with Crippen LogP contribution in [-0.4, -0.2) is 82.5 Å². The molecule has 6 nitrogen and oxygen atoms in total. The van der Waals surface area contributed by atoms with Gasteiger partial charge in [0.25, 0.3) is 10.1 Å². The maximum atomic E-state index is 10.8. The molecule has 0 spiro atoms. The van der Waals surface area contributed by atoms with Crippen molar-refractivity contribution in [3.63, 3.8) is 0 Å². The van der Waals surface area contributed by atoms with Crippen molar-refractivity contribution < 1.29 is 27.6 Å². The third kappa shape index (κ3) is 3.81. The number of methoxy groups -OCH3 is 1. The van der Waals surface area contributed by atoms with Crippen molar-refractivity contribution >= 4 is 67.5 Å². The molecule has 0 aliphatic carbocycles. The zero-order chi connectivity index (χ0) is 11.6. The van der Waals surface area contributed by atoms with Crippen LogP contribution in [0.4, 0.5) is 0 Å². The Balaban J connectivity index is 0.00000225. The number of hydrogen-bond donors (Lipinski definition) is 2. The molecule has 1 aromatic carbocycles. The van der Waals surface area contributed by atoms with Crippen molar-refractivity contribution in [1.82, 2.24) is 0 Å². The van der Waals surface area contributed by atoms with Gasteiger partial charge < -0.3 is 9.84 Å². The number of carbonyl (C=O) groups is 1. The number of benzene rings is 1. The summed E-state index contributed by atoms with van der Waals surface area (Å²) in [5.74, 6) is -1.42. The van der Waals surface area contributed by atoms with Gasteiger partial charge in [-0.3, -0.25) is 4.55 Å². The number of aromatic carboxylic acids is 1. The average Bonchev–Trinajstić information content (AvgIpc) is 2.15. The van der Waals surface area contributed by atoms with E-state index in [1.807, 2.05) is 0 Å². The predicted molar refractivity (Wildman–Crippen MR) is 56.9 cm³/mol. The Morgan fingerprint density at radius 1 is 1.38 bits per heavy atom. The Bertz CT molecular complexity index is 495. The molecule has 1 aromatic rings. The fraction of sp³-hybridized carbons (Fsp3) is 0.125. The van der Waals surface area contributed by atoms with E-state index < -0.39 is 21.0 Å².